The van der Waals surface area contributed by atoms with E-state index in [1.807, 2.05) is 6.08 Å². The number of aliphatic hydroxyl groups is 1. The quantitative estimate of drug-likeness (QED) is 0.713. The maximum atomic E-state index is 10.7. The summed E-state index contributed by atoms with van der Waals surface area (Å²) in [6.45, 7) is 3.81. The van der Waals surface area contributed by atoms with Crippen molar-refractivity contribution in [3.8, 4) is 0 Å². The van der Waals surface area contributed by atoms with Gasteiger partial charge in [-0.05, 0) is 42.9 Å². The molecule has 0 heterocycles. The summed E-state index contributed by atoms with van der Waals surface area (Å²) in [4.78, 5) is 10.7. The molecular weight excluding hydrogens is 216 g/mol. The zero-order chi connectivity index (χ0) is 12.7. The number of carboxylic acid groups (broad SMARTS) is 1. The number of carboxylic acids is 1. The highest BCUT2D eigenvalue weighted by Gasteiger charge is 2.08. The molecule has 0 aliphatic heterocycles. The molecule has 0 aromatic heterocycles. The van der Waals surface area contributed by atoms with E-state index in [1.165, 1.54) is 0 Å². The molecule has 1 atom stereocenters. The first-order chi connectivity index (χ1) is 8.17. The molecule has 0 saturated carbocycles. The summed E-state index contributed by atoms with van der Waals surface area (Å²) < 4.78 is 0. The topological polar surface area (TPSA) is 57.5 Å². The van der Waals surface area contributed by atoms with Crippen molar-refractivity contribution < 1.29 is 15.0 Å². The van der Waals surface area contributed by atoms with Crippen LogP contribution in [0.25, 0.3) is 0 Å². The highest BCUT2D eigenvalue weighted by molar-refractivity contribution is 5.87. The Morgan fingerprint density at radius 1 is 1.35 bits per heavy atom. The lowest BCUT2D eigenvalue weighted by Crippen LogP contribution is -2.09. The molecule has 1 aromatic rings. The largest absolute Gasteiger partial charge is 0.478 e. The van der Waals surface area contributed by atoms with E-state index in [1.54, 1.807) is 24.3 Å². The lowest BCUT2D eigenvalue weighted by molar-refractivity contribution is 0.0697. The summed E-state index contributed by atoms with van der Waals surface area (Å²) in [6, 6.07) is 6.80. The van der Waals surface area contributed by atoms with Crippen LogP contribution in [0.3, 0.4) is 0 Å². The Morgan fingerprint density at radius 3 is 2.47 bits per heavy atom. The second kappa shape index (κ2) is 6.86. The molecule has 1 rings (SSSR count). The molecule has 92 valence electrons. The van der Waals surface area contributed by atoms with E-state index < -0.39 is 5.97 Å². The summed E-state index contributed by atoms with van der Waals surface area (Å²) in [7, 11) is 0. The molecule has 3 nitrogen and oxygen atoms in total. The molecule has 0 aliphatic carbocycles. The Hall–Kier alpha value is -1.61. The van der Waals surface area contributed by atoms with Crippen LogP contribution in [0.5, 0.6) is 0 Å². The monoisotopic (exact) mass is 234 g/mol. The third-order valence-corrected chi connectivity index (χ3v) is 2.76. The lowest BCUT2D eigenvalue weighted by Gasteiger charge is -2.13. The summed E-state index contributed by atoms with van der Waals surface area (Å²) >= 11 is 0. The van der Waals surface area contributed by atoms with Gasteiger partial charge in [0.2, 0.25) is 0 Å². The van der Waals surface area contributed by atoms with Gasteiger partial charge in [-0.15, -0.1) is 6.58 Å². The molecule has 3 heteroatoms. The summed E-state index contributed by atoms with van der Waals surface area (Å²) in [5.74, 6) is -0.703. The van der Waals surface area contributed by atoms with Crippen molar-refractivity contribution in [3.05, 3.63) is 48.0 Å². The van der Waals surface area contributed by atoms with E-state index in [4.69, 9.17) is 5.11 Å². The lowest BCUT2D eigenvalue weighted by atomic mass is 9.95. The van der Waals surface area contributed by atoms with E-state index in [0.717, 1.165) is 24.8 Å². The standard InChI is InChI=1S/C14H18O3/c1-2-3-4-12(10-15)9-11-5-7-13(8-6-11)14(16)17/h2,5-8,12,15H,1,3-4,9-10H2,(H,16,17). The van der Waals surface area contributed by atoms with Crippen LogP contribution in [0.4, 0.5) is 0 Å². The number of allylic oxidation sites excluding steroid dienone is 1. The molecule has 0 radical (unpaired) electrons. The number of carbonyl (C=O) groups is 1. The highest BCUT2D eigenvalue weighted by Crippen LogP contribution is 2.15. The molecule has 0 bridgehead atoms. The van der Waals surface area contributed by atoms with E-state index in [0.29, 0.717) is 5.56 Å². The van der Waals surface area contributed by atoms with Crippen LogP contribution in [-0.4, -0.2) is 22.8 Å². The van der Waals surface area contributed by atoms with Crippen molar-refractivity contribution in [1.82, 2.24) is 0 Å². The zero-order valence-electron chi connectivity index (χ0n) is 9.80. The number of aromatic carboxylic acids is 1. The first-order valence-corrected chi connectivity index (χ1v) is 5.71. The van der Waals surface area contributed by atoms with Crippen LogP contribution >= 0.6 is 0 Å². The molecule has 0 amide bonds. The summed E-state index contributed by atoms with van der Waals surface area (Å²) in [5, 5.41) is 18.0. The molecule has 0 fully saturated rings. The van der Waals surface area contributed by atoms with Gasteiger partial charge in [-0.25, -0.2) is 4.79 Å². The fourth-order valence-corrected chi connectivity index (χ4v) is 1.73. The minimum Gasteiger partial charge on any atom is -0.478 e. The van der Waals surface area contributed by atoms with Crippen LogP contribution in [0.15, 0.2) is 36.9 Å². The smallest absolute Gasteiger partial charge is 0.335 e. The predicted octanol–water partition coefficient (Wildman–Crippen LogP) is 2.50. The number of hydrogen-bond donors (Lipinski definition) is 2. The normalized spacial score (nSPS) is 12.1. The second-order valence-electron chi connectivity index (χ2n) is 4.12. The van der Waals surface area contributed by atoms with Gasteiger partial charge in [-0.1, -0.05) is 18.2 Å². The molecule has 1 aromatic carbocycles. The van der Waals surface area contributed by atoms with Gasteiger partial charge in [-0.3, -0.25) is 0 Å². The first-order valence-electron chi connectivity index (χ1n) is 5.71. The van der Waals surface area contributed by atoms with Crippen molar-refractivity contribution in [2.24, 2.45) is 5.92 Å². The van der Waals surface area contributed by atoms with Crippen molar-refractivity contribution >= 4 is 5.97 Å². The van der Waals surface area contributed by atoms with E-state index in [9.17, 15) is 9.90 Å². The van der Waals surface area contributed by atoms with Crippen molar-refractivity contribution in [2.45, 2.75) is 19.3 Å². The van der Waals surface area contributed by atoms with Gasteiger partial charge in [0.1, 0.15) is 0 Å². The van der Waals surface area contributed by atoms with Crippen LogP contribution < -0.4 is 0 Å². The predicted molar refractivity (Wildman–Crippen MR) is 67.1 cm³/mol. The SMILES string of the molecule is C=CCCC(CO)Cc1ccc(C(=O)O)cc1. The molecule has 0 saturated heterocycles. The number of benzene rings is 1. The van der Waals surface area contributed by atoms with Gasteiger partial charge in [-0.2, -0.15) is 0 Å². The molecule has 2 N–H and O–H groups in total. The maximum absolute atomic E-state index is 10.7. The molecule has 0 aliphatic rings. The average Bonchev–Trinajstić information content (AvgIpc) is 2.35. The number of hydrogen-bond acceptors (Lipinski definition) is 2. The van der Waals surface area contributed by atoms with Crippen LogP contribution in [0, 0.1) is 5.92 Å². The van der Waals surface area contributed by atoms with Gasteiger partial charge >= 0.3 is 5.97 Å². The fourth-order valence-electron chi connectivity index (χ4n) is 1.73. The Kier molecular flexibility index (Phi) is 5.43. The Morgan fingerprint density at radius 2 is 2.00 bits per heavy atom. The third-order valence-electron chi connectivity index (χ3n) is 2.76. The minimum atomic E-state index is -0.915. The van der Waals surface area contributed by atoms with E-state index in [-0.39, 0.29) is 12.5 Å². The average molecular weight is 234 g/mol. The van der Waals surface area contributed by atoms with Gasteiger partial charge in [0, 0.05) is 6.61 Å². The van der Waals surface area contributed by atoms with Crippen LogP contribution in [-0.2, 0) is 6.42 Å². The van der Waals surface area contributed by atoms with Crippen molar-refractivity contribution in [3.63, 3.8) is 0 Å². The Balaban J connectivity index is 2.60. The Labute approximate surface area is 101 Å². The third kappa shape index (κ3) is 4.41. The number of aliphatic hydroxyl groups excluding tert-OH is 1. The van der Waals surface area contributed by atoms with Gasteiger partial charge < -0.3 is 10.2 Å². The van der Waals surface area contributed by atoms with Gasteiger partial charge in [0.15, 0.2) is 0 Å². The summed E-state index contributed by atoms with van der Waals surface area (Å²) in [5.41, 5.74) is 1.35. The molecule has 1 unspecified atom stereocenters. The van der Waals surface area contributed by atoms with Gasteiger partial charge in [0.05, 0.1) is 5.56 Å². The minimum absolute atomic E-state index is 0.147. The Bertz CT molecular complexity index is 368. The highest BCUT2D eigenvalue weighted by atomic mass is 16.4. The maximum Gasteiger partial charge on any atom is 0.335 e. The summed E-state index contributed by atoms with van der Waals surface area (Å²) in [6.07, 6.45) is 4.40. The first kappa shape index (κ1) is 13.5. The molecule has 0 spiro atoms. The van der Waals surface area contributed by atoms with E-state index >= 15 is 0 Å². The van der Waals surface area contributed by atoms with Crippen molar-refractivity contribution in [1.29, 1.82) is 0 Å². The molecular formula is C14H18O3. The van der Waals surface area contributed by atoms with Crippen LogP contribution in [0.1, 0.15) is 28.8 Å². The zero-order valence-corrected chi connectivity index (χ0v) is 9.80. The number of rotatable bonds is 7. The fraction of sp³-hybridized carbons (Fsp3) is 0.357. The molecule has 17 heavy (non-hydrogen) atoms. The van der Waals surface area contributed by atoms with Crippen molar-refractivity contribution in [2.75, 3.05) is 6.61 Å². The van der Waals surface area contributed by atoms with E-state index in [2.05, 4.69) is 6.58 Å². The van der Waals surface area contributed by atoms with Gasteiger partial charge in [0.25, 0.3) is 0 Å². The second-order valence-corrected chi connectivity index (χ2v) is 4.12. The van der Waals surface area contributed by atoms with Crippen LogP contribution in [0.2, 0.25) is 0 Å².